The molecule has 4 aliphatic rings. The molecule has 3 nitrogen and oxygen atoms in total. The summed E-state index contributed by atoms with van der Waals surface area (Å²) >= 11 is 0. The number of hydrogen-bond donors (Lipinski definition) is 1. The number of carbonyl (C=O) groups is 1. The van der Waals surface area contributed by atoms with E-state index in [4.69, 9.17) is 0 Å². The summed E-state index contributed by atoms with van der Waals surface area (Å²) in [4.78, 5) is 16.1. The first-order valence-electron chi connectivity index (χ1n) is 11.3. The molecule has 152 valence electrons. The van der Waals surface area contributed by atoms with Crippen molar-refractivity contribution in [2.75, 3.05) is 0 Å². The fourth-order valence-electron chi connectivity index (χ4n) is 7.39. The highest BCUT2D eigenvalue weighted by molar-refractivity contribution is 5.91. The van der Waals surface area contributed by atoms with Gasteiger partial charge < -0.3 is 5.11 Å². The zero-order chi connectivity index (χ0) is 20.3. The predicted octanol–water partition coefficient (Wildman–Crippen LogP) is 4.70. The van der Waals surface area contributed by atoms with Gasteiger partial charge in [-0.15, -0.1) is 0 Å². The zero-order valence-electron chi connectivity index (χ0n) is 17.6. The molecule has 3 heteroatoms. The Bertz CT molecular complexity index is 925. The van der Waals surface area contributed by atoms with E-state index in [9.17, 15) is 9.90 Å². The lowest BCUT2D eigenvalue weighted by Crippen LogP contribution is -2.54. The maximum atomic E-state index is 12.0. The van der Waals surface area contributed by atoms with Gasteiger partial charge in [-0.3, -0.25) is 9.78 Å². The van der Waals surface area contributed by atoms with Crippen molar-refractivity contribution in [3.05, 3.63) is 41.7 Å². The molecule has 3 saturated carbocycles. The Labute approximate surface area is 174 Å². The van der Waals surface area contributed by atoms with Crippen LogP contribution in [0.25, 0.3) is 0 Å². The molecular weight excluding hydrogens is 358 g/mol. The summed E-state index contributed by atoms with van der Waals surface area (Å²) in [5, 5.41) is 11.7. The first-order valence-corrected chi connectivity index (χ1v) is 11.3. The monoisotopic (exact) mass is 389 g/mol. The van der Waals surface area contributed by atoms with Crippen molar-refractivity contribution in [2.45, 2.75) is 70.8 Å². The Morgan fingerprint density at radius 3 is 2.59 bits per heavy atom. The van der Waals surface area contributed by atoms with Crippen LogP contribution < -0.4 is 0 Å². The highest BCUT2D eigenvalue weighted by Gasteiger charge is 2.63. The second-order valence-corrected chi connectivity index (χ2v) is 10.3. The third kappa shape index (κ3) is 2.76. The minimum atomic E-state index is -0.911. The number of ketones is 1. The molecular formula is C26H31NO2. The van der Waals surface area contributed by atoms with Gasteiger partial charge in [-0.2, -0.15) is 0 Å². The number of carbonyl (C=O) groups excluding carboxylic acids is 1. The fourth-order valence-corrected chi connectivity index (χ4v) is 7.39. The van der Waals surface area contributed by atoms with Crippen LogP contribution in [0.1, 0.15) is 70.8 Å². The van der Waals surface area contributed by atoms with Gasteiger partial charge in [0.15, 0.2) is 5.78 Å². The van der Waals surface area contributed by atoms with Crippen molar-refractivity contribution in [3.8, 4) is 11.8 Å². The summed E-state index contributed by atoms with van der Waals surface area (Å²) in [7, 11) is 0. The summed E-state index contributed by atoms with van der Waals surface area (Å²) in [6, 6.07) is 3.81. The van der Waals surface area contributed by atoms with Crippen LogP contribution in [0.2, 0.25) is 0 Å². The van der Waals surface area contributed by atoms with E-state index in [1.807, 2.05) is 18.2 Å². The van der Waals surface area contributed by atoms with Crippen LogP contribution in [0.5, 0.6) is 0 Å². The summed E-state index contributed by atoms with van der Waals surface area (Å²) < 4.78 is 0. The Kier molecular flexibility index (Phi) is 4.30. The number of pyridine rings is 1. The van der Waals surface area contributed by atoms with Gasteiger partial charge >= 0.3 is 0 Å². The van der Waals surface area contributed by atoms with Crippen LogP contribution in [0.15, 0.2) is 36.2 Å². The maximum Gasteiger partial charge on any atom is 0.155 e. The molecule has 1 aromatic rings. The predicted molar refractivity (Wildman–Crippen MR) is 113 cm³/mol. The summed E-state index contributed by atoms with van der Waals surface area (Å²) in [6.45, 7) is 4.70. The van der Waals surface area contributed by atoms with Gasteiger partial charge in [0.2, 0.25) is 0 Å². The summed E-state index contributed by atoms with van der Waals surface area (Å²) in [5.74, 6) is 8.65. The number of rotatable bonds is 0. The average molecular weight is 390 g/mol. The summed E-state index contributed by atoms with van der Waals surface area (Å²) in [5.41, 5.74) is 1.45. The molecule has 1 N–H and O–H groups in total. The molecule has 1 heterocycles. The van der Waals surface area contributed by atoms with E-state index in [0.29, 0.717) is 30.0 Å². The fraction of sp³-hybridized carbons (Fsp3) is 0.615. The van der Waals surface area contributed by atoms with E-state index in [1.54, 1.807) is 12.4 Å². The Hall–Kier alpha value is -1.92. The molecule has 0 spiro atoms. The number of fused-ring (bicyclic) bond motifs is 5. The highest BCUT2D eigenvalue weighted by atomic mass is 16.3. The number of hydrogen-bond acceptors (Lipinski definition) is 3. The van der Waals surface area contributed by atoms with E-state index in [1.165, 1.54) is 5.57 Å². The van der Waals surface area contributed by atoms with Gasteiger partial charge in [0.1, 0.15) is 5.60 Å². The number of aliphatic hydroxyl groups is 1. The molecule has 5 rings (SSSR count). The Morgan fingerprint density at radius 1 is 1.03 bits per heavy atom. The van der Waals surface area contributed by atoms with E-state index < -0.39 is 5.60 Å². The molecule has 0 saturated heterocycles. The first kappa shape index (κ1) is 19.1. The molecule has 0 radical (unpaired) electrons. The second-order valence-electron chi connectivity index (χ2n) is 10.3. The molecule has 29 heavy (non-hydrogen) atoms. The molecule has 1 aromatic heterocycles. The largest absolute Gasteiger partial charge is 0.377 e. The zero-order valence-corrected chi connectivity index (χ0v) is 17.6. The molecule has 6 atom stereocenters. The minimum Gasteiger partial charge on any atom is -0.377 e. The van der Waals surface area contributed by atoms with E-state index in [2.05, 4.69) is 30.7 Å². The maximum absolute atomic E-state index is 12.0. The molecule has 0 amide bonds. The SMILES string of the molecule is C[C@]12CCC(=O)C=C1CC[C@@H]1[C@@H]2CC[C@@]2(C)[C@H]1CC[C@@]2(O)C#Cc1ccncc1. The standard InChI is InChI=1S/C26H31NO2/c1-24-11-6-20(28)17-19(24)3-4-21-22(24)7-12-25(2)23(21)8-14-26(25,29)13-5-18-9-15-27-16-10-18/h9-10,15-17,21-23,29H,3-4,6-8,11-12,14H2,1-2H3/t21-,22+,23+,24+,25+,26+/m1/s1. The van der Waals surface area contributed by atoms with Crippen molar-refractivity contribution in [2.24, 2.45) is 28.6 Å². The van der Waals surface area contributed by atoms with Gasteiger partial charge in [0.25, 0.3) is 0 Å². The van der Waals surface area contributed by atoms with Crippen molar-refractivity contribution in [1.82, 2.24) is 4.98 Å². The van der Waals surface area contributed by atoms with Gasteiger partial charge in [-0.05, 0) is 86.3 Å². The molecule has 0 aromatic carbocycles. The lowest BCUT2D eigenvalue weighted by atomic mass is 9.46. The smallest absolute Gasteiger partial charge is 0.155 e. The Morgan fingerprint density at radius 2 is 1.79 bits per heavy atom. The average Bonchev–Trinajstić information content (AvgIpc) is 2.99. The molecule has 0 unspecified atom stereocenters. The van der Waals surface area contributed by atoms with E-state index in [-0.39, 0.29) is 10.8 Å². The van der Waals surface area contributed by atoms with Crippen molar-refractivity contribution < 1.29 is 9.90 Å². The van der Waals surface area contributed by atoms with Crippen molar-refractivity contribution in [3.63, 3.8) is 0 Å². The quantitative estimate of drug-likeness (QED) is 0.655. The molecule has 3 fully saturated rings. The lowest BCUT2D eigenvalue weighted by Gasteiger charge is -2.58. The third-order valence-electron chi connectivity index (χ3n) is 9.21. The molecule has 0 bridgehead atoms. The number of nitrogens with zero attached hydrogens (tertiary/aromatic N) is 1. The third-order valence-corrected chi connectivity index (χ3v) is 9.21. The molecule has 4 aliphatic carbocycles. The van der Waals surface area contributed by atoms with Crippen LogP contribution in [0, 0.1) is 40.4 Å². The van der Waals surface area contributed by atoms with Crippen LogP contribution in [-0.4, -0.2) is 21.5 Å². The minimum absolute atomic E-state index is 0.143. The van der Waals surface area contributed by atoms with E-state index >= 15 is 0 Å². The first-order chi connectivity index (χ1) is 13.9. The Balaban J connectivity index is 1.45. The second kappa shape index (κ2) is 6.54. The molecule has 0 aliphatic heterocycles. The van der Waals surface area contributed by atoms with Crippen molar-refractivity contribution >= 4 is 5.78 Å². The van der Waals surface area contributed by atoms with Gasteiger partial charge in [-0.1, -0.05) is 31.3 Å². The highest BCUT2D eigenvalue weighted by Crippen LogP contribution is 2.67. The van der Waals surface area contributed by atoms with Gasteiger partial charge in [-0.25, -0.2) is 0 Å². The summed E-state index contributed by atoms with van der Waals surface area (Å²) in [6.07, 6.45) is 13.4. The van der Waals surface area contributed by atoms with Crippen LogP contribution in [0.4, 0.5) is 0 Å². The topological polar surface area (TPSA) is 50.2 Å². The van der Waals surface area contributed by atoms with Crippen molar-refractivity contribution in [1.29, 1.82) is 0 Å². The van der Waals surface area contributed by atoms with Gasteiger partial charge in [0.05, 0.1) is 0 Å². The van der Waals surface area contributed by atoms with Crippen LogP contribution in [0.3, 0.4) is 0 Å². The normalized spacial score (nSPS) is 43.3. The van der Waals surface area contributed by atoms with Crippen LogP contribution in [-0.2, 0) is 4.79 Å². The lowest BCUT2D eigenvalue weighted by molar-refractivity contribution is -0.119. The van der Waals surface area contributed by atoms with E-state index in [0.717, 1.165) is 50.5 Å². The number of aromatic nitrogens is 1. The van der Waals surface area contributed by atoms with Crippen LogP contribution >= 0.6 is 0 Å². The van der Waals surface area contributed by atoms with Gasteiger partial charge in [0, 0.05) is 29.8 Å². The number of allylic oxidation sites excluding steroid dienone is 1.